The summed E-state index contributed by atoms with van der Waals surface area (Å²) in [5, 5.41) is 0. The first-order valence-corrected chi connectivity index (χ1v) is 6.90. The summed E-state index contributed by atoms with van der Waals surface area (Å²) in [6.07, 6.45) is 3.15. The number of hydrogen-bond donors (Lipinski definition) is 0. The highest BCUT2D eigenvalue weighted by Gasteiger charge is 2.23. The van der Waals surface area contributed by atoms with Gasteiger partial charge in [0.25, 0.3) is 0 Å². The van der Waals surface area contributed by atoms with E-state index in [1.54, 1.807) is 0 Å². The molecule has 0 radical (unpaired) electrons. The van der Waals surface area contributed by atoms with E-state index in [9.17, 15) is 8.42 Å². The van der Waals surface area contributed by atoms with E-state index in [1.165, 1.54) is 6.26 Å². The van der Waals surface area contributed by atoms with Crippen LogP contribution >= 0.6 is 0 Å². The van der Waals surface area contributed by atoms with E-state index in [2.05, 4.69) is 27.7 Å². The maximum atomic E-state index is 11.0. The summed E-state index contributed by atoms with van der Waals surface area (Å²) in [5.74, 6) is 0.824. The zero-order chi connectivity index (χ0) is 10.7. The van der Waals surface area contributed by atoms with Crippen molar-refractivity contribution in [3.05, 3.63) is 0 Å². The lowest BCUT2D eigenvalue weighted by Gasteiger charge is -2.29. The minimum atomic E-state index is -2.79. The number of hydrogen-bond acceptors (Lipinski definition) is 2. The van der Waals surface area contributed by atoms with Crippen LogP contribution in [0.5, 0.6) is 0 Å². The van der Waals surface area contributed by atoms with E-state index in [0.29, 0.717) is 11.7 Å². The van der Waals surface area contributed by atoms with E-state index in [4.69, 9.17) is 0 Å². The Bertz CT molecular complexity index is 234. The predicted molar refractivity (Wildman–Crippen MR) is 57.6 cm³/mol. The van der Waals surface area contributed by atoms with Crippen molar-refractivity contribution in [3.8, 4) is 0 Å². The molecule has 0 saturated heterocycles. The van der Waals surface area contributed by atoms with Gasteiger partial charge in [-0.05, 0) is 17.8 Å². The van der Waals surface area contributed by atoms with Gasteiger partial charge in [-0.15, -0.1) is 0 Å². The van der Waals surface area contributed by atoms with Crippen molar-refractivity contribution >= 4 is 9.84 Å². The molecule has 1 atom stereocenters. The first kappa shape index (κ1) is 12.9. The van der Waals surface area contributed by atoms with Crippen molar-refractivity contribution < 1.29 is 8.42 Å². The Kier molecular flexibility index (Phi) is 4.43. The van der Waals surface area contributed by atoms with Crippen LogP contribution in [0.3, 0.4) is 0 Å². The molecule has 0 amide bonds. The maximum Gasteiger partial charge on any atom is 0.147 e. The molecule has 0 N–H and O–H groups in total. The van der Waals surface area contributed by atoms with Gasteiger partial charge in [0.15, 0.2) is 0 Å². The topological polar surface area (TPSA) is 34.1 Å². The molecule has 0 aromatic rings. The standard InChI is InChI=1S/C10H22O2S/c1-6-9(10(2,3)4)7-8-13(5,11)12/h9H,6-8H2,1-5H3/t9-/m0/s1. The van der Waals surface area contributed by atoms with E-state index in [-0.39, 0.29) is 5.41 Å². The monoisotopic (exact) mass is 206 g/mol. The van der Waals surface area contributed by atoms with Crippen LogP contribution in [-0.4, -0.2) is 20.4 Å². The SMILES string of the molecule is CC[C@@H](CCS(C)(=O)=O)C(C)(C)C. The molecule has 2 nitrogen and oxygen atoms in total. The Hall–Kier alpha value is -0.0500. The Labute approximate surface area is 82.6 Å². The fourth-order valence-electron chi connectivity index (χ4n) is 1.61. The lowest BCUT2D eigenvalue weighted by Crippen LogP contribution is -2.22. The molecule has 0 aliphatic rings. The summed E-state index contributed by atoms with van der Waals surface area (Å²) < 4.78 is 22.0. The quantitative estimate of drug-likeness (QED) is 0.708. The third kappa shape index (κ3) is 6.08. The summed E-state index contributed by atoms with van der Waals surface area (Å²) in [4.78, 5) is 0. The maximum absolute atomic E-state index is 11.0. The van der Waals surface area contributed by atoms with Crippen LogP contribution in [0.25, 0.3) is 0 Å². The van der Waals surface area contributed by atoms with Crippen LogP contribution in [0.15, 0.2) is 0 Å². The first-order chi connectivity index (χ1) is 5.67. The van der Waals surface area contributed by atoms with Crippen LogP contribution in [0.4, 0.5) is 0 Å². The normalized spacial score (nSPS) is 15.8. The van der Waals surface area contributed by atoms with Gasteiger partial charge < -0.3 is 0 Å². The Morgan fingerprint density at radius 3 is 1.92 bits per heavy atom. The molecule has 0 aliphatic heterocycles. The molecule has 0 aromatic carbocycles. The minimum Gasteiger partial charge on any atom is -0.229 e. The van der Waals surface area contributed by atoms with Gasteiger partial charge in [-0.25, -0.2) is 8.42 Å². The second-order valence-corrected chi connectivity index (χ2v) is 7.15. The Balaban J connectivity index is 4.17. The first-order valence-electron chi connectivity index (χ1n) is 4.84. The zero-order valence-corrected chi connectivity index (χ0v) is 10.2. The summed E-state index contributed by atoms with van der Waals surface area (Å²) >= 11 is 0. The van der Waals surface area contributed by atoms with Crippen molar-refractivity contribution in [2.24, 2.45) is 11.3 Å². The van der Waals surface area contributed by atoms with Crippen molar-refractivity contribution in [1.29, 1.82) is 0 Å². The summed E-state index contributed by atoms with van der Waals surface area (Å²) in [7, 11) is -2.79. The molecule has 0 heterocycles. The molecular formula is C10H22O2S. The molecule has 80 valence electrons. The summed E-state index contributed by atoms with van der Waals surface area (Å²) in [5.41, 5.74) is 0.222. The van der Waals surface area contributed by atoms with Crippen molar-refractivity contribution in [3.63, 3.8) is 0 Å². The number of rotatable bonds is 4. The predicted octanol–water partition coefficient (Wildman–Crippen LogP) is 2.49. The number of sulfone groups is 1. The van der Waals surface area contributed by atoms with Gasteiger partial charge in [0.1, 0.15) is 9.84 Å². The highest BCUT2D eigenvalue weighted by Crippen LogP contribution is 2.31. The molecule has 0 fully saturated rings. The van der Waals surface area contributed by atoms with Gasteiger partial charge in [0, 0.05) is 6.26 Å². The van der Waals surface area contributed by atoms with Gasteiger partial charge in [0.2, 0.25) is 0 Å². The van der Waals surface area contributed by atoms with E-state index in [0.717, 1.165) is 12.8 Å². The molecular weight excluding hydrogens is 184 g/mol. The molecule has 0 unspecified atom stereocenters. The average molecular weight is 206 g/mol. The lowest BCUT2D eigenvalue weighted by molar-refractivity contribution is 0.227. The molecule has 3 heteroatoms. The average Bonchev–Trinajstić information content (AvgIpc) is 1.82. The highest BCUT2D eigenvalue weighted by molar-refractivity contribution is 7.90. The largest absolute Gasteiger partial charge is 0.229 e. The highest BCUT2D eigenvalue weighted by atomic mass is 32.2. The second-order valence-electron chi connectivity index (χ2n) is 4.89. The lowest BCUT2D eigenvalue weighted by atomic mass is 9.78. The van der Waals surface area contributed by atoms with Crippen LogP contribution in [0.2, 0.25) is 0 Å². The van der Waals surface area contributed by atoms with E-state index in [1.807, 2.05) is 0 Å². The fraction of sp³-hybridized carbons (Fsp3) is 1.00. The second kappa shape index (κ2) is 4.45. The molecule has 0 aliphatic carbocycles. The minimum absolute atomic E-state index is 0.222. The van der Waals surface area contributed by atoms with Gasteiger partial charge in [0.05, 0.1) is 5.75 Å². The summed E-state index contributed by atoms with van der Waals surface area (Å²) in [6, 6.07) is 0. The molecule has 0 saturated carbocycles. The summed E-state index contributed by atoms with van der Waals surface area (Å²) in [6.45, 7) is 8.63. The van der Waals surface area contributed by atoms with Crippen LogP contribution < -0.4 is 0 Å². The van der Waals surface area contributed by atoms with Gasteiger partial charge in [-0.1, -0.05) is 34.1 Å². The Morgan fingerprint density at radius 1 is 1.23 bits per heavy atom. The third-order valence-electron chi connectivity index (χ3n) is 2.55. The molecule has 0 aromatic heterocycles. The third-order valence-corrected chi connectivity index (χ3v) is 3.53. The molecule has 13 heavy (non-hydrogen) atoms. The molecule has 0 spiro atoms. The fourth-order valence-corrected chi connectivity index (χ4v) is 2.32. The van der Waals surface area contributed by atoms with Crippen molar-refractivity contribution in [2.75, 3.05) is 12.0 Å². The van der Waals surface area contributed by atoms with Crippen molar-refractivity contribution in [1.82, 2.24) is 0 Å². The van der Waals surface area contributed by atoms with Crippen LogP contribution in [0, 0.1) is 11.3 Å². The van der Waals surface area contributed by atoms with Gasteiger partial charge >= 0.3 is 0 Å². The van der Waals surface area contributed by atoms with Crippen molar-refractivity contribution in [2.45, 2.75) is 40.5 Å². The van der Waals surface area contributed by atoms with E-state index >= 15 is 0 Å². The van der Waals surface area contributed by atoms with Gasteiger partial charge in [-0.3, -0.25) is 0 Å². The molecule has 0 rings (SSSR count). The van der Waals surface area contributed by atoms with Crippen LogP contribution in [0.1, 0.15) is 40.5 Å². The van der Waals surface area contributed by atoms with Crippen LogP contribution in [-0.2, 0) is 9.84 Å². The zero-order valence-electron chi connectivity index (χ0n) is 9.42. The van der Waals surface area contributed by atoms with Gasteiger partial charge in [-0.2, -0.15) is 0 Å². The smallest absolute Gasteiger partial charge is 0.147 e. The molecule has 0 bridgehead atoms. The Morgan fingerprint density at radius 2 is 1.69 bits per heavy atom. The van der Waals surface area contributed by atoms with E-state index < -0.39 is 9.84 Å².